The van der Waals surface area contributed by atoms with Crippen LogP contribution in [0.25, 0.3) is 0 Å². The topological polar surface area (TPSA) is 81.7 Å². The third-order valence-corrected chi connectivity index (χ3v) is 3.71. The summed E-state index contributed by atoms with van der Waals surface area (Å²) in [7, 11) is 0. The minimum absolute atomic E-state index is 0.309. The van der Waals surface area contributed by atoms with E-state index in [9.17, 15) is 14.4 Å². The number of rotatable bonds is 9. The highest BCUT2D eigenvalue weighted by Crippen LogP contribution is 2.11. The van der Waals surface area contributed by atoms with Crippen molar-refractivity contribution in [2.75, 3.05) is 19.8 Å². The van der Waals surface area contributed by atoms with Gasteiger partial charge in [0, 0.05) is 12.1 Å². The van der Waals surface area contributed by atoms with Crippen LogP contribution in [-0.2, 0) is 20.7 Å². The Morgan fingerprint density at radius 3 is 2.46 bits per heavy atom. The van der Waals surface area contributed by atoms with Gasteiger partial charge in [-0.2, -0.15) is 0 Å². The normalized spacial score (nSPS) is 10.0. The first-order valence-corrected chi connectivity index (χ1v) is 8.23. The Morgan fingerprint density at radius 1 is 1.04 bits per heavy atom. The van der Waals surface area contributed by atoms with Crippen molar-refractivity contribution in [3.63, 3.8) is 0 Å². The van der Waals surface area contributed by atoms with Gasteiger partial charge in [0.1, 0.15) is 12.0 Å². The summed E-state index contributed by atoms with van der Waals surface area (Å²) in [4.78, 5) is 33.9. The maximum absolute atomic E-state index is 11.7. The van der Waals surface area contributed by atoms with Crippen molar-refractivity contribution in [1.82, 2.24) is 5.32 Å². The number of aryl methyl sites for hydroxylation is 1. The van der Waals surface area contributed by atoms with Gasteiger partial charge in [0.25, 0.3) is 5.91 Å². The molecule has 1 N–H and O–H groups in total. The van der Waals surface area contributed by atoms with Crippen LogP contribution in [0.4, 0.5) is 0 Å². The highest BCUT2D eigenvalue weighted by molar-refractivity contribution is 5.81. The molecule has 2 rings (SSSR count). The van der Waals surface area contributed by atoms with E-state index < -0.39 is 5.97 Å². The lowest BCUT2D eigenvalue weighted by molar-refractivity contribution is -0.150. The minimum Gasteiger partial charge on any atom is -0.482 e. The highest BCUT2D eigenvalue weighted by atomic mass is 16.6. The van der Waals surface area contributed by atoms with Gasteiger partial charge in [-0.25, -0.2) is 4.79 Å². The first-order valence-electron chi connectivity index (χ1n) is 8.23. The number of hydrogen-bond acceptors (Lipinski definition) is 5. The number of nitrogens with one attached hydrogen (secondary N) is 1. The largest absolute Gasteiger partial charge is 0.482 e. The number of esters is 1. The molecule has 2 aromatic rings. The van der Waals surface area contributed by atoms with E-state index in [4.69, 9.17) is 9.47 Å². The summed E-state index contributed by atoms with van der Waals surface area (Å²) in [5.74, 6) is -0.559. The van der Waals surface area contributed by atoms with Gasteiger partial charge in [-0.15, -0.1) is 0 Å². The van der Waals surface area contributed by atoms with Crippen LogP contribution in [0.5, 0.6) is 5.75 Å². The average molecular weight is 355 g/mol. The summed E-state index contributed by atoms with van der Waals surface area (Å²) in [5, 5.41) is 2.71. The number of hydrogen-bond donors (Lipinski definition) is 1. The van der Waals surface area contributed by atoms with Gasteiger partial charge in [-0.3, -0.25) is 9.59 Å². The molecule has 0 spiro atoms. The summed E-state index contributed by atoms with van der Waals surface area (Å²) in [6.07, 6.45) is 1.43. The molecule has 0 radical (unpaired) electrons. The lowest BCUT2D eigenvalue weighted by Crippen LogP contribution is -2.31. The van der Waals surface area contributed by atoms with E-state index >= 15 is 0 Å². The van der Waals surface area contributed by atoms with Crippen LogP contribution in [0, 0.1) is 6.92 Å². The molecular formula is C20H21NO5. The van der Waals surface area contributed by atoms with E-state index in [1.54, 1.807) is 24.3 Å². The summed E-state index contributed by atoms with van der Waals surface area (Å²) < 4.78 is 10.1. The second-order valence-electron chi connectivity index (χ2n) is 5.66. The molecule has 0 aliphatic heterocycles. The van der Waals surface area contributed by atoms with Crippen molar-refractivity contribution in [3.8, 4) is 5.75 Å². The molecule has 0 bridgehead atoms. The smallest absolute Gasteiger partial charge is 0.344 e. The van der Waals surface area contributed by atoms with Crippen LogP contribution in [0.2, 0.25) is 0 Å². The fourth-order valence-electron chi connectivity index (χ4n) is 2.25. The molecule has 2 aromatic carbocycles. The SMILES string of the molecule is Cc1ccccc1CCNC(=O)COC(=O)COc1ccc(C=O)cc1. The van der Waals surface area contributed by atoms with Gasteiger partial charge in [0.2, 0.25) is 0 Å². The Morgan fingerprint density at radius 2 is 1.77 bits per heavy atom. The Hall–Kier alpha value is -3.15. The molecule has 1 amide bonds. The molecule has 0 saturated carbocycles. The van der Waals surface area contributed by atoms with Crippen molar-refractivity contribution in [2.24, 2.45) is 0 Å². The van der Waals surface area contributed by atoms with Crippen molar-refractivity contribution >= 4 is 18.2 Å². The molecule has 6 nitrogen and oxygen atoms in total. The van der Waals surface area contributed by atoms with E-state index in [0.29, 0.717) is 24.3 Å². The fourth-order valence-corrected chi connectivity index (χ4v) is 2.25. The van der Waals surface area contributed by atoms with Crippen LogP contribution in [-0.4, -0.2) is 37.9 Å². The number of ether oxygens (including phenoxy) is 2. The zero-order valence-corrected chi connectivity index (χ0v) is 14.6. The maximum atomic E-state index is 11.7. The van der Waals surface area contributed by atoms with Crippen molar-refractivity contribution < 1.29 is 23.9 Å². The summed E-state index contributed by atoms with van der Waals surface area (Å²) in [6, 6.07) is 14.3. The molecule has 0 saturated heterocycles. The van der Waals surface area contributed by atoms with Crippen LogP contribution in [0.1, 0.15) is 21.5 Å². The molecular weight excluding hydrogens is 334 g/mol. The molecule has 0 atom stereocenters. The molecule has 0 unspecified atom stereocenters. The summed E-state index contributed by atoms with van der Waals surface area (Å²) in [6.45, 7) is 1.84. The zero-order chi connectivity index (χ0) is 18.8. The van der Waals surface area contributed by atoms with Crippen LogP contribution in [0.15, 0.2) is 48.5 Å². The minimum atomic E-state index is -0.640. The zero-order valence-electron chi connectivity index (χ0n) is 14.6. The molecule has 136 valence electrons. The first kappa shape index (κ1) is 19.2. The first-order chi connectivity index (χ1) is 12.6. The molecule has 0 aliphatic carbocycles. The van der Waals surface area contributed by atoms with Gasteiger partial charge < -0.3 is 14.8 Å². The third-order valence-electron chi connectivity index (χ3n) is 3.71. The number of carbonyl (C=O) groups is 3. The molecule has 0 heterocycles. The van der Waals surface area contributed by atoms with Crippen LogP contribution < -0.4 is 10.1 Å². The molecule has 6 heteroatoms. The van der Waals surface area contributed by atoms with Gasteiger partial charge in [-0.1, -0.05) is 24.3 Å². The molecule has 0 aliphatic rings. The van der Waals surface area contributed by atoms with E-state index in [-0.39, 0.29) is 19.1 Å². The Kier molecular flexibility index (Phi) is 7.36. The van der Waals surface area contributed by atoms with E-state index in [0.717, 1.165) is 6.29 Å². The van der Waals surface area contributed by atoms with Crippen molar-refractivity contribution in [3.05, 3.63) is 65.2 Å². The van der Waals surface area contributed by atoms with E-state index in [2.05, 4.69) is 5.32 Å². The molecule has 0 aromatic heterocycles. The molecule has 0 fully saturated rings. The van der Waals surface area contributed by atoms with Crippen molar-refractivity contribution in [1.29, 1.82) is 0 Å². The fraction of sp³-hybridized carbons (Fsp3) is 0.250. The summed E-state index contributed by atoms with van der Waals surface area (Å²) in [5.41, 5.74) is 2.85. The van der Waals surface area contributed by atoms with Gasteiger partial charge in [0.05, 0.1) is 0 Å². The van der Waals surface area contributed by atoms with E-state index in [1.807, 2.05) is 31.2 Å². The second kappa shape index (κ2) is 9.98. The monoisotopic (exact) mass is 355 g/mol. The standard InChI is InChI=1S/C20H21NO5/c1-15-4-2-3-5-17(15)10-11-21-19(23)13-26-20(24)14-25-18-8-6-16(12-22)7-9-18/h2-9,12H,10-11,13-14H2,1H3,(H,21,23). The second-order valence-corrected chi connectivity index (χ2v) is 5.66. The average Bonchev–Trinajstić information content (AvgIpc) is 2.66. The number of carbonyl (C=O) groups excluding carboxylic acids is 3. The van der Waals surface area contributed by atoms with Crippen LogP contribution in [0.3, 0.4) is 0 Å². The Labute approximate surface area is 152 Å². The van der Waals surface area contributed by atoms with Crippen LogP contribution >= 0.6 is 0 Å². The summed E-state index contributed by atoms with van der Waals surface area (Å²) >= 11 is 0. The van der Waals surface area contributed by atoms with Gasteiger partial charge >= 0.3 is 5.97 Å². The number of benzene rings is 2. The van der Waals surface area contributed by atoms with Gasteiger partial charge in [0.15, 0.2) is 13.2 Å². The Bertz CT molecular complexity index is 755. The molecule has 26 heavy (non-hydrogen) atoms. The number of aldehydes is 1. The van der Waals surface area contributed by atoms with Crippen molar-refractivity contribution in [2.45, 2.75) is 13.3 Å². The predicted octanol–water partition coefficient (Wildman–Crippen LogP) is 2.09. The third kappa shape index (κ3) is 6.39. The highest BCUT2D eigenvalue weighted by Gasteiger charge is 2.08. The lowest BCUT2D eigenvalue weighted by atomic mass is 10.1. The van der Waals surface area contributed by atoms with Gasteiger partial charge in [-0.05, 0) is 48.7 Å². The maximum Gasteiger partial charge on any atom is 0.344 e. The predicted molar refractivity (Wildman–Crippen MR) is 96.2 cm³/mol. The van der Waals surface area contributed by atoms with E-state index in [1.165, 1.54) is 11.1 Å². The lowest BCUT2D eigenvalue weighted by Gasteiger charge is -2.09. The number of amides is 1. The Balaban J connectivity index is 1.62. The quantitative estimate of drug-likeness (QED) is 0.550.